The molecule has 0 aliphatic carbocycles. The van der Waals surface area contributed by atoms with E-state index in [1.54, 1.807) is 0 Å². The number of nitrogens with two attached hydrogens (primary N) is 2. The maximum absolute atomic E-state index is 12.8. The second-order valence-corrected chi connectivity index (χ2v) is 7.32. The van der Waals surface area contributed by atoms with E-state index in [0.717, 1.165) is 23.5 Å². The normalized spacial score (nSPS) is 10.2. The van der Waals surface area contributed by atoms with Gasteiger partial charge >= 0.3 is 12.0 Å². The number of hydrogen-bond donors (Lipinski definition) is 2. The van der Waals surface area contributed by atoms with E-state index in [1.807, 2.05) is 62.4 Å². The van der Waals surface area contributed by atoms with Gasteiger partial charge in [0.25, 0.3) is 0 Å². The summed E-state index contributed by atoms with van der Waals surface area (Å²) >= 11 is 0. The molecule has 10 heteroatoms. The van der Waals surface area contributed by atoms with Crippen molar-refractivity contribution in [3.05, 3.63) is 94.8 Å². The largest absolute Gasteiger partial charge is 0.459 e. The first-order valence-corrected chi connectivity index (χ1v) is 10.2. The molecular weight excluding hydrogens is 442 g/mol. The standard InChI is InChI=1S/2C12H12FN3O/c2*1-8-2-4-9(5-3-8)7-17-12-15-6-10(13)11(14)16-12/h2*2-6H,7H2,1H3,(H2,14,15,16). The number of anilines is 2. The molecule has 0 saturated heterocycles. The molecule has 8 nitrogen and oxygen atoms in total. The molecule has 2 heterocycles. The van der Waals surface area contributed by atoms with Crippen LogP contribution >= 0.6 is 0 Å². The van der Waals surface area contributed by atoms with Crippen LogP contribution in [0.3, 0.4) is 0 Å². The Morgan fingerprint density at radius 3 is 1.32 bits per heavy atom. The second kappa shape index (κ2) is 11.5. The van der Waals surface area contributed by atoms with Gasteiger partial charge in [0.15, 0.2) is 23.3 Å². The Bertz CT molecular complexity index is 1120. The number of aryl methyl sites for hydroxylation is 2. The van der Waals surface area contributed by atoms with Gasteiger partial charge in [0.1, 0.15) is 13.2 Å². The summed E-state index contributed by atoms with van der Waals surface area (Å²) in [6.07, 6.45) is 1.99. The van der Waals surface area contributed by atoms with E-state index in [4.69, 9.17) is 20.9 Å². The SMILES string of the molecule is Cc1ccc(COc2ncc(F)c(N)n2)cc1.Cc1ccc(COc2ncc(F)c(N)n2)cc1. The van der Waals surface area contributed by atoms with Crippen molar-refractivity contribution in [1.82, 2.24) is 19.9 Å². The van der Waals surface area contributed by atoms with E-state index in [2.05, 4.69) is 19.9 Å². The fourth-order valence-corrected chi connectivity index (χ4v) is 2.53. The van der Waals surface area contributed by atoms with Crippen LogP contribution in [0.5, 0.6) is 12.0 Å². The van der Waals surface area contributed by atoms with E-state index < -0.39 is 11.6 Å². The van der Waals surface area contributed by atoms with Crippen molar-refractivity contribution in [3.63, 3.8) is 0 Å². The van der Waals surface area contributed by atoms with Crippen molar-refractivity contribution < 1.29 is 18.3 Å². The number of benzene rings is 2. The number of hydrogen-bond acceptors (Lipinski definition) is 8. The first-order chi connectivity index (χ1) is 16.3. The highest BCUT2D eigenvalue weighted by molar-refractivity contribution is 5.30. The fraction of sp³-hybridized carbons (Fsp3) is 0.167. The van der Waals surface area contributed by atoms with Crippen molar-refractivity contribution in [3.8, 4) is 12.0 Å². The maximum Gasteiger partial charge on any atom is 0.318 e. The molecule has 0 aliphatic heterocycles. The van der Waals surface area contributed by atoms with Crippen LogP contribution in [0.1, 0.15) is 22.3 Å². The molecule has 0 saturated carbocycles. The van der Waals surface area contributed by atoms with Crippen LogP contribution < -0.4 is 20.9 Å². The van der Waals surface area contributed by atoms with Crippen molar-refractivity contribution in [2.45, 2.75) is 27.1 Å². The van der Waals surface area contributed by atoms with Crippen LogP contribution in [0.4, 0.5) is 20.4 Å². The zero-order chi connectivity index (χ0) is 24.5. The number of halogens is 2. The van der Waals surface area contributed by atoms with Crippen LogP contribution in [-0.4, -0.2) is 19.9 Å². The number of rotatable bonds is 6. The molecule has 0 atom stereocenters. The molecule has 0 spiro atoms. The predicted octanol–water partition coefficient (Wildman–Crippen LogP) is 4.17. The minimum absolute atomic E-state index is 0.0736. The Morgan fingerprint density at radius 1 is 0.647 bits per heavy atom. The average molecular weight is 466 g/mol. The first kappa shape index (κ1) is 24.3. The zero-order valence-electron chi connectivity index (χ0n) is 18.7. The lowest BCUT2D eigenvalue weighted by molar-refractivity contribution is 0.280. The molecule has 0 unspecified atom stereocenters. The first-order valence-electron chi connectivity index (χ1n) is 10.2. The lowest BCUT2D eigenvalue weighted by Gasteiger charge is -2.05. The molecule has 2 aromatic heterocycles. The van der Waals surface area contributed by atoms with Gasteiger partial charge < -0.3 is 20.9 Å². The fourth-order valence-electron chi connectivity index (χ4n) is 2.53. The van der Waals surface area contributed by atoms with Crippen LogP contribution in [-0.2, 0) is 13.2 Å². The van der Waals surface area contributed by atoms with Gasteiger partial charge in [0.2, 0.25) is 0 Å². The molecule has 0 radical (unpaired) electrons. The number of nitrogen functional groups attached to an aromatic ring is 2. The Kier molecular flexibility index (Phi) is 8.22. The summed E-state index contributed by atoms with van der Waals surface area (Å²) in [5.41, 5.74) is 14.9. The molecular formula is C24H24F2N6O2. The van der Waals surface area contributed by atoms with E-state index >= 15 is 0 Å². The van der Waals surface area contributed by atoms with Crippen molar-refractivity contribution in [1.29, 1.82) is 0 Å². The van der Waals surface area contributed by atoms with Crippen LogP contribution in [0.25, 0.3) is 0 Å². The van der Waals surface area contributed by atoms with Crippen molar-refractivity contribution in [2.24, 2.45) is 0 Å². The smallest absolute Gasteiger partial charge is 0.318 e. The average Bonchev–Trinajstić information content (AvgIpc) is 2.83. The zero-order valence-corrected chi connectivity index (χ0v) is 18.7. The summed E-state index contributed by atoms with van der Waals surface area (Å²) in [6.45, 7) is 4.67. The molecule has 0 fully saturated rings. The third-order valence-corrected chi connectivity index (χ3v) is 4.48. The van der Waals surface area contributed by atoms with Gasteiger partial charge in [-0.3, -0.25) is 0 Å². The highest BCUT2D eigenvalue weighted by Crippen LogP contribution is 2.13. The maximum atomic E-state index is 12.8. The van der Waals surface area contributed by atoms with Crippen molar-refractivity contribution >= 4 is 11.6 Å². The minimum atomic E-state index is -0.646. The van der Waals surface area contributed by atoms with E-state index in [-0.39, 0.29) is 23.7 Å². The van der Waals surface area contributed by atoms with Gasteiger partial charge in [-0.2, -0.15) is 9.97 Å². The summed E-state index contributed by atoms with van der Waals surface area (Å²) in [5, 5.41) is 0. The van der Waals surface area contributed by atoms with Crippen LogP contribution in [0.2, 0.25) is 0 Å². The molecule has 2 aromatic carbocycles. The number of nitrogens with zero attached hydrogens (tertiary/aromatic N) is 4. The highest BCUT2D eigenvalue weighted by atomic mass is 19.1. The highest BCUT2D eigenvalue weighted by Gasteiger charge is 2.05. The van der Waals surface area contributed by atoms with Gasteiger partial charge in [-0.1, -0.05) is 59.7 Å². The number of aromatic nitrogens is 4. The molecule has 0 amide bonds. The minimum Gasteiger partial charge on any atom is -0.459 e. The molecule has 176 valence electrons. The quantitative estimate of drug-likeness (QED) is 0.434. The molecule has 0 aliphatic rings. The van der Waals surface area contributed by atoms with Crippen molar-refractivity contribution in [2.75, 3.05) is 11.5 Å². The van der Waals surface area contributed by atoms with Gasteiger partial charge in [0.05, 0.1) is 12.4 Å². The topological polar surface area (TPSA) is 122 Å². The third-order valence-electron chi connectivity index (χ3n) is 4.48. The Hall–Kier alpha value is -4.34. The van der Waals surface area contributed by atoms with E-state index in [1.165, 1.54) is 11.1 Å². The lowest BCUT2D eigenvalue weighted by atomic mass is 10.2. The Morgan fingerprint density at radius 2 is 1.00 bits per heavy atom. The summed E-state index contributed by atoms with van der Waals surface area (Å²) < 4.78 is 36.2. The molecule has 0 bridgehead atoms. The monoisotopic (exact) mass is 466 g/mol. The van der Waals surface area contributed by atoms with E-state index in [9.17, 15) is 8.78 Å². The predicted molar refractivity (Wildman–Crippen MR) is 124 cm³/mol. The molecule has 4 rings (SSSR count). The Labute approximate surface area is 195 Å². The Balaban J connectivity index is 0.000000191. The summed E-state index contributed by atoms with van der Waals surface area (Å²) in [6, 6.07) is 15.9. The number of ether oxygens (including phenoxy) is 2. The van der Waals surface area contributed by atoms with Gasteiger partial charge in [-0.25, -0.2) is 18.7 Å². The van der Waals surface area contributed by atoms with Gasteiger partial charge in [-0.15, -0.1) is 0 Å². The van der Waals surface area contributed by atoms with Crippen LogP contribution in [0.15, 0.2) is 60.9 Å². The summed E-state index contributed by atoms with van der Waals surface area (Å²) in [5.74, 6) is -1.71. The molecule has 34 heavy (non-hydrogen) atoms. The lowest BCUT2D eigenvalue weighted by Crippen LogP contribution is -2.03. The van der Waals surface area contributed by atoms with E-state index in [0.29, 0.717) is 13.2 Å². The summed E-state index contributed by atoms with van der Waals surface area (Å²) in [4.78, 5) is 14.7. The molecule has 4 N–H and O–H groups in total. The van der Waals surface area contributed by atoms with Crippen LogP contribution in [0, 0.1) is 25.5 Å². The summed E-state index contributed by atoms with van der Waals surface area (Å²) in [7, 11) is 0. The molecule has 4 aromatic rings. The van der Waals surface area contributed by atoms with Gasteiger partial charge in [-0.05, 0) is 25.0 Å². The third kappa shape index (κ3) is 7.37. The van der Waals surface area contributed by atoms with Gasteiger partial charge in [0, 0.05) is 0 Å². The second-order valence-electron chi connectivity index (χ2n) is 7.32.